The third kappa shape index (κ3) is 3.67. The van der Waals surface area contributed by atoms with Crippen LogP contribution in [0.1, 0.15) is 29.7 Å². The van der Waals surface area contributed by atoms with E-state index in [9.17, 15) is 5.11 Å². The van der Waals surface area contributed by atoms with Crippen molar-refractivity contribution in [3.63, 3.8) is 0 Å². The maximum Gasteiger partial charge on any atom is 0.115 e. The number of aromatic hydroxyl groups is 1. The molecule has 0 aliphatic carbocycles. The Balaban J connectivity index is 0.000000452. The van der Waals surface area contributed by atoms with E-state index >= 15 is 0 Å². The Morgan fingerprint density at radius 1 is 1.15 bits per heavy atom. The molecular formula is C18H20OS. The van der Waals surface area contributed by atoms with E-state index in [1.807, 2.05) is 30.8 Å². The molecule has 0 saturated carbocycles. The summed E-state index contributed by atoms with van der Waals surface area (Å²) < 4.78 is 0. The second kappa shape index (κ2) is 7.20. The largest absolute Gasteiger partial charge is 0.508 e. The van der Waals surface area contributed by atoms with Crippen LogP contribution in [0, 0.1) is 0 Å². The Morgan fingerprint density at radius 2 is 1.80 bits per heavy atom. The summed E-state index contributed by atoms with van der Waals surface area (Å²) in [5.41, 5.74) is 2.77. The molecule has 0 aromatic heterocycles. The molecule has 0 spiro atoms. The Kier molecular flexibility index (Phi) is 5.31. The van der Waals surface area contributed by atoms with Crippen molar-refractivity contribution in [2.75, 3.05) is 0 Å². The molecule has 0 radical (unpaired) electrons. The van der Waals surface area contributed by atoms with Crippen LogP contribution in [0.15, 0.2) is 66.1 Å². The van der Waals surface area contributed by atoms with E-state index in [1.165, 1.54) is 22.4 Å². The van der Waals surface area contributed by atoms with E-state index in [4.69, 9.17) is 0 Å². The van der Waals surface area contributed by atoms with Gasteiger partial charge in [-0.05, 0) is 49.1 Å². The van der Waals surface area contributed by atoms with E-state index in [0.717, 1.165) is 6.42 Å². The highest BCUT2D eigenvalue weighted by Gasteiger charge is 2.20. The van der Waals surface area contributed by atoms with Crippen molar-refractivity contribution < 1.29 is 5.11 Å². The molecule has 1 nitrogen and oxygen atoms in total. The van der Waals surface area contributed by atoms with Gasteiger partial charge < -0.3 is 5.11 Å². The number of hydrogen-bond donors (Lipinski definition) is 1. The van der Waals surface area contributed by atoms with Crippen LogP contribution >= 0.6 is 11.8 Å². The van der Waals surface area contributed by atoms with E-state index in [2.05, 4.69) is 30.8 Å². The van der Waals surface area contributed by atoms with Crippen molar-refractivity contribution in [3.05, 3.63) is 72.3 Å². The van der Waals surface area contributed by atoms with Gasteiger partial charge in [0.1, 0.15) is 5.75 Å². The van der Waals surface area contributed by atoms with Crippen molar-refractivity contribution >= 4 is 11.8 Å². The van der Waals surface area contributed by atoms with Crippen molar-refractivity contribution in [2.45, 2.75) is 29.9 Å². The van der Waals surface area contributed by atoms with E-state index < -0.39 is 0 Å². The van der Waals surface area contributed by atoms with E-state index in [-0.39, 0.29) is 0 Å². The van der Waals surface area contributed by atoms with Crippen molar-refractivity contribution in [1.29, 1.82) is 0 Å². The summed E-state index contributed by atoms with van der Waals surface area (Å²) in [4.78, 5) is 1.40. The molecule has 1 aliphatic heterocycles. The normalized spacial score (nSPS) is 16.6. The fourth-order valence-corrected chi connectivity index (χ4v) is 3.56. The quantitative estimate of drug-likeness (QED) is 0.711. The first-order valence-electron chi connectivity index (χ1n) is 6.85. The fourth-order valence-electron chi connectivity index (χ4n) is 2.25. The number of rotatable bonds is 1. The lowest BCUT2D eigenvalue weighted by Crippen LogP contribution is -2.03. The Morgan fingerprint density at radius 3 is 2.50 bits per heavy atom. The predicted molar refractivity (Wildman–Crippen MR) is 87.3 cm³/mol. The summed E-state index contributed by atoms with van der Waals surface area (Å²) in [5, 5.41) is 9.82. The average molecular weight is 284 g/mol. The third-order valence-corrected chi connectivity index (χ3v) is 4.63. The molecule has 1 aliphatic rings. The molecule has 0 unspecified atom stereocenters. The van der Waals surface area contributed by atoms with Crippen molar-refractivity contribution in [1.82, 2.24) is 0 Å². The zero-order chi connectivity index (χ0) is 14.4. The lowest BCUT2D eigenvalue weighted by atomic mass is 10.0. The number of phenolic OH excluding ortho intramolecular Hbond substituents is 1. The second-order valence-electron chi connectivity index (χ2n) is 4.75. The molecule has 0 amide bonds. The minimum Gasteiger partial charge on any atom is -0.508 e. The molecule has 1 N–H and O–H groups in total. The first-order valence-corrected chi connectivity index (χ1v) is 7.73. The number of fused-ring (bicyclic) bond motifs is 1. The zero-order valence-corrected chi connectivity index (χ0v) is 12.6. The first-order chi connectivity index (χ1) is 9.74. The lowest BCUT2D eigenvalue weighted by Gasteiger charge is -2.24. The maximum absolute atomic E-state index is 9.31. The molecule has 1 atom stereocenters. The van der Waals surface area contributed by atoms with Gasteiger partial charge in [0, 0.05) is 10.1 Å². The van der Waals surface area contributed by atoms with Gasteiger partial charge in [0.25, 0.3) is 0 Å². The van der Waals surface area contributed by atoms with Crippen LogP contribution in [0.25, 0.3) is 0 Å². The van der Waals surface area contributed by atoms with Gasteiger partial charge in [0.2, 0.25) is 0 Å². The van der Waals surface area contributed by atoms with Crippen LogP contribution in [0.4, 0.5) is 0 Å². The van der Waals surface area contributed by atoms with Crippen LogP contribution in [0.3, 0.4) is 0 Å². The zero-order valence-electron chi connectivity index (χ0n) is 11.8. The molecular weight excluding hydrogens is 264 g/mol. The first kappa shape index (κ1) is 14.7. The summed E-state index contributed by atoms with van der Waals surface area (Å²) in [7, 11) is 0. The van der Waals surface area contributed by atoms with E-state index in [1.54, 1.807) is 18.2 Å². The minimum atomic E-state index is 0.343. The highest BCUT2D eigenvalue weighted by molar-refractivity contribution is 7.99. The highest BCUT2D eigenvalue weighted by Crippen LogP contribution is 2.44. The number of allylic oxidation sites excluding steroid dienone is 1. The van der Waals surface area contributed by atoms with E-state index in [0.29, 0.717) is 11.0 Å². The lowest BCUT2D eigenvalue weighted by molar-refractivity contribution is 0.475. The summed E-state index contributed by atoms with van der Waals surface area (Å²) in [6.45, 7) is 5.25. The van der Waals surface area contributed by atoms with Gasteiger partial charge in [-0.3, -0.25) is 0 Å². The molecule has 2 aromatic carbocycles. The molecule has 104 valence electrons. The Hall–Kier alpha value is -1.67. The second-order valence-corrected chi connectivity index (χ2v) is 6.00. The molecule has 0 saturated heterocycles. The summed E-state index contributed by atoms with van der Waals surface area (Å²) >= 11 is 1.93. The van der Waals surface area contributed by atoms with Gasteiger partial charge in [0.15, 0.2) is 0 Å². The van der Waals surface area contributed by atoms with Crippen LogP contribution in [0.2, 0.25) is 0 Å². The average Bonchev–Trinajstić information content (AvgIpc) is 2.48. The molecule has 1 heterocycles. The molecule has 20 heavy (non-hydrogen) atoms. The van der Waals surface area contributed by atoms with Crippen molar-refractivity contribution in [3.8, 4) is 5.75 Å². The summed E-state index contributed by atoms with van der Waals surface area (Å²) in [6, 6.07) is 16.2. The van der Waals surface area contributed by atoms with Gasteiger partial charge >= 0.3 is 0 Å². The SMILES string of the molecule is C=CC.Oc1ccc([C@@H]2CCc3ccccc3S2)cc1. The Bertz CT molecular complexity index is 560. The van der Waals surface area contributed by atoms with Crippen LogP contribution in [-0.2, 0) is 6.42 Å². The van der Waals surface area contributed by atoms with Gasteiger partial charge in [0.05, 0.1) is 0 Å². The van der Waals surface area contributed by atoms with Gasteiger partial charge in [-0.1, -0.05) is 36.4 Å². The summed E-state index contributed by atoms with van der Waals surface area (Å²) in [6.07, 6.45) is 4.07. The predicted octanol–water partition coefficient (Wildman–Crippen LogP) is 5.36. The standard InChI is InChI=1S/C15H14OS.C3H6/c16-13-8-5-12(6-9-13)15-10-7-11-3-1-2-4-14(11)17-15;1-3-2/h1-6,8-9,15-16H,7,10H2;3H,1H2,2H3/t15-;/m0./s1. The maximum atomic E-state index is 9.31. The topological polar surface area (TPSA) is 20.2 Å². The number of phenols is 1. The molecule has 2 aromatic rings. The Labute approximate surface area is 125 Å². The molecule has 0 fully saturated rings. The molecule has 2 heteroatoms. The monoisotopic (exact) mass is 284 g/mol. The van der Waals surface area contributed by atoms with Crippen LogP contribution in [0.5, 0.6) is 5.75 Å². The smallest absolute Gasteiger partial charge is 0.115 e. The summed E-state index contributed by atoms with van der Waals surface area (Å²) in [5.74, 6) is 0.343. The number of aryl methyl sites for hydroxylation is 1. The molecule has 3 rings (SSSR count). The third-order valence-electron chi connectivity index (χ3n) is 3.18. The fraction of sp³-hybridized carbons (Fsp3) is 0.222. The minimum absolute atomic E-state index is 0.343. The van der Waals surface area contributed by atoms with Gasteiger partial charge in [-0.15, -0.1) is 18.3 Å². The highest BCUT2D eigenvalue weighted by atomic mass is 32.2. The number of hydrogen-bond acceptors (Lipinski definition) is 2. The van der Waals surface area contributed by atoms with Gasteiger partial charge in [-0.25, -0.2) is 0 Å². The van der Waals surface area contributed by atoms with Crippen LogP contribution < -0.4 is 0 Å². The van der Waals surface area contributed by atoms with Crippen molar-refractivity contribution in [2.24, 2.45) is 0 Å². The molecule has 0 bridgehead atoms. The number of thioether (sulfide) groups is 1. The van der Waals surface area contributed by atoms with Gasteiger partial charge in [-0.2, -0.15) is 0 Å². The van der Waals surface area contributed by atoms with Crippen LogP contribution in [-0.4, -0.2) is 5.11 Å². The number of benzene rings is 2.